The molecule has 0 saturated heterocycles. The third-order valence-corrected chi connectivity index (χ3v) is 4.16. The Bertz CT molecular complexity index is 750. The van der Waals surface area contributed by atoms with E-state index in [9.17, 15) is 19.8 Å². The number of carboxylic acids is 2. The molecule has 0 bridgehead atoms. The van der Waals surface area contributed by atoms with Crippen LogP contribution in [0.1, 0.15) is 11.1 Å². The number of carboxylic acid groups (broad SMARTS) is 2. The van der Waals surface area contributed by atoms with Crippen LogP contribution in [0, 0.1) is 0 Å². The van der Waals surface area contributed by atoms with Crippen molar-refractivity contribution in [1.29, 1.82) is 0 Å². The standard InChI is InChI=1S/C17H19NO.C4H4O4/c1-18-12-10-14-6-2-4-8-16(14)19-17-9-5-3-7-15(17)11-13-18;5-3(6)1-2-4(7)8/h2-9H,10-13H2,1H3;1-2H,(H,5,6)(H,7,8)/p-1/b;2-1-. The van der Waals surface area contributed by atoms with Gasteiger partial charge >= 0.3 is 0 Å². The van der Waals surface area contributed by atoms with Crippen molar-refractivity contribution in [2.75, 3.05) is 20.1 Å². The van der Waals surface area contributed by atoms with Gasteiger partial charge in [0.1, 0.15) is 11.5 Å². The number of para-hydroxylation sites is 2. The van der Waals surface area contributed by atoms with Crippen LogP contribution in [0.25, 0.3) is 0 Å². The normalized spacial score (nSPS) is 14.1. The molecule has 0 aromatic heterocycles. The predicted octanol–water partition coefficient (Wildman–Crippen LogP) is -0.865. The molecule has 1 aliphatic heterocycles. The summed E-state index contributed by atoms with van der Waals surface area (Å²) in [7, 11) is 2.27. The number of hydrogen-bond donors (Lipinski definition) is 1. The van der Waals surface area contributed by atoms with Gasteiger partial charge in [-0.25, -0.2) is 0 Å². The SMILES string of the molecule is C[NH+]1CCc2ccccc2Oc2ccccc2CC1.O=C([O-])/C=C\C(=O)[O-]. The number of carbonyl (C=O) groups excluding carboxylic acids is 2. The lowest BCUT2D eigenvalue weighted by molar-refractivity contribution is -0.879. The molecule has 27 heavy (non-hydrogen) atoms. The average molecular weight is 368 g/mol. The summed E-state index contributed by atoms with van der Waals surface area (Å²) in [6.45, 7) is 2.31. The average Bonchev–Trinajstić information content (AvgIpc) is 2.65. The maximum Gasteiger partial charge on any atom is 0.130 e. The number of aliphatic carboxylic acids is 2. The maximum absolute atomic E-state index is 9.41. The molecule has 0 amide bonds. The number of quaternary nitrogens is 1. The Morgan fingerprint density at radius 2 is 1.26 bits per heavy atom. The summed E-state index contributed by atoms with van der Waals surface area (Å²) in [5.74, 6) is -1.09. The summed E-state index contributed by atoms with van der Waals surface area (Å²) < 4.78 is 6.14. The maximum atomic E-state index is 9.41. The second kappa shape index (κ2) is 10.1. The van der Waals surface area contributed by atoms with Crippen molar-refractivity contribution in [2.45, 2.75) is 12.8 Å². The van der Waals surface area contributed by atoms with Crippen LogP contribution in [-0.4, -0.2) is 32.1 Å². The van der Waals surface area contributed by atoms with Crippen LogP contribution in [0.4, 0.5) is 0 Å². The first-order valence-electron chi connectivity index (χ1n) is 8.70. The molecular weight excluding hydrogens is 346 g/mol. The van der Waals surface area contributed by atoms with Crippen molar-refractivity contribution >= 4 is 11.9 Å². The molecule has 0 spiro atoms. The molecule has 1 N–H and O–H groups in total. The summed E-state index contributed by atoms with van der Waals surface area (Å²) in [6.07, 6.45) is 2.92. The van der Waals surface area contributed by atoms with E-state index in [1.54, 1.807) is 4.90 Å². The van der Waals surface area contributed by atoms with Gasteiger partial charge in [0.25, 0.3) is 0 Å². The van der Waals surface area contributed by atoms with E-state index < -0.39 is 11.9 Å². The number of carbonyl (C=O) groups is 2. The van der Waals surface area contributed by atoms with Crippen molar-refractivity contribution in [3.63, 3.8) is 0 Å². The van der Waals surface area contributed by atoms with E-state index in [0.717, 1.165) is 37.4 Å². The van der Waals surface area contributed by atoms with E-state index in [2.05, 4.69) is 43.4 Å². The van der Waals surface area contributed by atoms with Crippen LogP contribution in [0.15, 0.2) is 60.7 Å². The van der Waals surface area contributed by atoms with Gasteiger partial charge in [0, 0.05) is 24.0 Å². The van der Waals surface area contributed by atoms with Crippen molar-refractivity contribution in [3.05, 3.63) is 71.8 Å². The van der Waals surface area contributed by atoms with Crippen LogP contribution in [0.5, 0.6) is 11.5 Å². The molecule has 6 nitrogen and oxygen atoms in total. The summed E-state index contributed by atoms with van der Waals surface area (Å²) in [5, 5.41) is 18.8. The van der Waals surface area contributed by atoms with Gasteiger partial charge in [-0.15, -0.1) is 0 Å². The van der Waals surface area contributed by atoms with Crippen LogP contribution >= 0.6 is 0 Å². The largest absolute Gasteiger partial charge is 0.545 e. The second-order valence-corrected chi connectivity index (χ2v) is 6.25. The van der Waals surface area contributed by atoms with Gasteiger partial charge in [-0.1, -0.05) is 36.4 Å². The van der Waals surface area contributed by atoms with Crippen LogP contribution in [-0.2, 0) is 22.4 Å². The molecule has 142 valence electrons. The van der Waals surface area contributed by atoms with E-state index in [-0.39, 0.29) is 0 Å². The molecule has 2 aromatic rings. The summed E-state index contributed by atoms with van der Waals surface area (Å²) in [6, 6.07) is 16.8. The monoisotopic (exact) mass is 368 g/mol. The highest BCUT2D eigenvalue weighted by atomic mass is 16.5. The Morgan fingerprint density at radius 1 is 0.852 bits per heavy atom. The zero-order valence-electron chi connectivity index (χ0n) is 15.1. The third-order valence-electron chi connectivity index (χ3n) is 4.16. The molecule has 0 saturated carbocycles. The van der Waals surface area contributed by atoms with Gasteiger partial charge in [-0.2, -0.15) is 0 Å². The number of rotatable bonds is 2. The molecule has 1 heterocycles. The molecular formula is C21H22NO5-. The van der Waals surface area contributed by atoms with Gasteiger partial charge in [-0.05, 0) is 24.3 Å². The highest BCUT2D eigenvalue weighted by Gasteiger charge is 2.13. The molecule has 0 radical (unpaired) electrons. The van der Waals surface area contributed by atoms with E-state index >= 15 is 0 Å². The predicted molar refractivity (Wildman–Crippen MR) is 96.1 cm³/mol. The minimum absolute atomic E-state index is 0.384. The lowest BCUT2D eigenvalue weighted by Crippen LogP contribution is -3.09. The molecule has 3 rings (SSSR count). The smallest absolute Gasteiger partial charge is 0.130 e. The van der Waals surface area contributed by atoms with Gasteiger partial charge in [0.05, 0.1) is 32.1 Å². The van der Waals surface area contributed by atoms with Crippen molar-refractivity contribution in [1.82, 2.24) is 0 Å². The van der Waals surface area contributed by atoms with Crippen molar-refractivity contribution in [3.8, 4) is 11.5 Å². The van der Waals surface area contributed by atoms with Crippen molar-refractivity contribution < 1.29 is 29.4 Å². The number of ether oxygens (including phenoxy) is 1. The van der Waals surface area contributed by atoms with Crippen LogP contribution in [0.2, 0.25) is 0 Å². The fraction of sp³-hybridized carbons (Fsp3) is 0.238. The van der Waals surface area contributed by atoms with Gasteiger partial charge < -0.3 is 29.4 Å². The van der Waals surface area contributed by atoms with E-state index in [1.807, 2.05) is 12.1 Å². The highest BCUT2D eigenvalue weighted by Crippen LogP contribution is 2.28. The first-order chi connectivity index (χ1) is 13.0. The number of fused-ring (bicyclic) bond motifs is 2. The van der Waals surface area contributed by atoms with E-state index in [1.165, 1.54) is 11.1 Å². The van der Waals surface area contributed by atoms with Gasteiger partial charge in [0.15, 0.2) is 0 Å². The quantitative estimate of drug-likeness (QED) is 0.696. The number of likely N-dealkylation sites (N-methyl/N-ethyl adjacent to an activating group) is 1. The molecule has 2 aromatic carbocycles. The Morgan fingerprint density at radius 3 is 1.67 bits per heavy atom. The molecule has 0 fully saturated rings. The first-order valence-corrected chi connectivity index (χ1v) is 8.70. The van der Waals surface area contributed by atoms with E-state index in [0.29, 0.717) is 12.2 Å². The Hall–Kier alpha value is -3.12. The number of nitrogens with one attached hydrogen (secondary N) is 1. The van der Waals surface area contributed by atoms with E-state index in [4.69, 9.17) is 4.74 Å². The Labute approximate surface area is 158 Å². The summed E-state index contributed by atoms with van der Waals surface area (Å²) in [5.41, 5.74) is 2.61. The lowest BCUT2D eigenvalue weighted by atomic mass is 10.1. The second-order valence-electron chi connectivity index (χ2n) is 6.25. The number of benzene rings is 2. The third kappa shape index (κ3) is 6.95. The molecule has 0 atom stereocenters. The first kappa shape index (κ1) is 20.2. The Kier molecular flexibility index (Phi) is 7.58. The lowest BCUT2D eigenvalue weighted by Gasteiger charge is -2.20. The molecule has 6 heteroatoms. The fourth-order valence-electron chi connectivity index (χ4n) is 2.70. The highest BCUT2D eigenvalue weighted by molar-refractivity contribution is 5.87. The zero-order valence-corrected chi connectivity index (χ0v) is 15.1. The minimum atomic E-state index is -1.55. The zero-order chi connectivity index (χ0) is 19.6. The van der Waals surface area contributed by atoms with Crippen molar-refractivity contribution in [2.24, 2.45) is 0 Å². The Balaban J connectivity index is 0.000000279. The number of hydrogen-bond acceptors (Lipinski definition) is 5. The topological polar surface area (TPSA) is 93.9 Å². The minimum Gasteiger partial charge on any atom is -0.545 e. The molecule has 0 unspecified atom stereocenters. The summed E-state index contributed by atoms with van der Waals surface area (Å²) in [4.78, 5) is 20.4. The molecule has 0 aliphatic carbocycles. The molecule has 1 aliphatic rings. The van der Waals surface area contributed by atoms with Gasteiger partial charge in [-0.3, -0.25) is 0 Å². The van der Waals surface area contributed by atoms with Gasteiger partial charge in [0.2, 0.25) is 0 Å². The summed E-state index contributed by atoms with van der Waals surface area (Å²) >= 11 is 0. The fourth-order valence-corrected chi connectivity index (χ4v) is 2.70. The van der Waals surface area contributed by atoms with Crippen LogP contribution in [0.3, 0.4) is 0 Å². The van der Waals surface area contributed by atoms with Crippen LogP contribution < -0.4 is 19.8 Å².